The van der Waals surface area contributed by atoms with Crippen molar-refractivity contribution < 1.29 is 14.6 Å². The number of nitrogens with two attached hydrogens (primary N) is 1. The van der Waals surface area contributed by atoms with Crippen molar-refractivity contribution in [3.05, 3.63) is 0 Å². The molecule has 3 N–H and O–H groups in total. The van der Waals surface area contributed by atoms with Crippen LogP contribution in [-0.4, -0.2) is 27.8 Å². The fraction of sp³-hybridized carbons (Fsp3) is 0.900. The summed E-state index contributed by atoms with van der Waals surface area (Å²) in [6.45, 7) is 7.06. The van der Waals surface area contributed by atoms with Gasteiger partial charge in [-0.05, 0) is 27.7 Å². The lowest BCUT2D eigenvalue weighted by atomic mass is 9.66. The average Bonchev–Trinajstić information content (AvgIpc) is 1.77. The largest absolute Gasteiger partial charge is 0.459 e. The van der Waals surface area contributed by atoms with E-state index in [1.54, 1.807) is 27.7 Å². The molecule has 1 rings (SSSR count). The van der Waals surface area contributed by atoms with E-state index in [0.29, 0.717) is 0 Å². The van der Waals surface area contributed by atoms with Crippen LogP contribution in [0.5, 0.6) is 0 Å². The molecule has 0 amide bonds. The number of carbonyl (C=O) groups is 1. The second-order valence-electron chi connectivity index (χ2n) is 5.51. The Kier molecular flexibility index (Phi) is 2.41. The topological polar surface area (TPSA) is 72.5 Å². The number of hydrogen-bond acceptors (Lipinski definition) is 4. The lowest BCUT2D eigenvalue weighted by molar-refractivity contribution is -0.177. The first-order valence-corrected chi connectivity index (χ1v) is 4.79. The molecule has 1 aliphatic carbocycles. The first-order chi connectivity index (χ1) is 6.04. The molecule has 0 radical (unpaired) electrons. The Morgan fingerprint density at radius 1 is 1.43 bits per heavy atom. The number of hydrogen-bond donors (Lipinski definition) is 2. The van der Waals surface area contributed by atoms with E-state index < -0.39 is 22.7 Å². The predicted molar refractivity (Wildman–Crippen MR) is 52.6 cm³/mol. The van der Waals surface area contributed by atoms with Gasteiger partial charge in [-0.25, -0.2) is 0 Å². The van der Waals surface area contributed by atoms with Crippen molar-refractivity contribution >= 4 is 5.97 Å². The zero-order valence-corrected chi connectivity index (χ0v) is 9.26. The molecule has 0 heterocycles. The Balaban J connectivity index is 2.56. The second kappa shape index (κ2) is 2.94. The van der Waals surface area contributed by atoms with Crippen LogP contribution in [0.25, 0.3) is 0 Å². The summed E-state index contributed by atoms with van der Waals surface area (Å²) in [5, 5.41) is 9.51. The van der Waals surface area contributed by atoms with Crippen LogP contribution in [0.2, 0.25) is 0 Å². The zero-order chi connectivity index (χ0) is 11.2. The van der Waals surface area contributed by atoms with Crippen molar-refractivity contribution in [1.29, 1.82) is 0 Å². The summed E-state index contributed by atoms with van der Waals surface area (Å²) in [6, 6.07) is 0. The standard InChI is InChI=1S/C10H19NO3/c1-8(2,3)14-7(12)10(11)5-9(4,13)6-10/h13H,5-6,11H2,1-4H3. The fourth-order valence-electron chi connectivity index (χ4n) is 1.83. The van der Waals surface area contributed by atoms with Crippen molar-refractivity contribution in [2.45, 2.75) is 57.3 Å². The quantitative estimate of drug-likeness (QED) is 0.608. The van der Waals surface area contributed by atoms with Gasteiger partial charge in [0.05, 0.1) is 5.60 Å². The van der Waals surface area contributed by atoms with Crippen LogP contribution in [0.3, 0.4) is 0 Å². The van der Waals surface area contributed by atoms with E-state index in [1.807, 2.05) is 0 Å². The van der Waals surface area contributed by atoms with E-state index in [2.05, 4.69) is 0 Å². The van der Waals surface area contributed by atoms with Gasteiger partial charge in [-0.2, -0.15) is 0 Å². The highest BCUT2D eigenvalue weighted by Gasteiger charge is 2.55. The molecular formula is C10H19NO3. The summed E-state index contributed by atoms with van der Waals surface area (Å²) < 4.78 is 5.16. The Hall–Kier alpha value is -0.610. The molecule has 0 aliphatic heterocycles. The molecule has 4 nitrogen and oxygen atoms in total. The van der Waals surface area contributed by atoms with Crippen molar-refractivity contribution in [2.75, 3.05) is 0 Å². The number of esters is 1. The maximum absolute atomic E-state index is 11.6. The molecule has 4 heteroatoms. The Morgan fingerprint density at radius 2 is 1.86 bits per heavy atom. The number of aliphatic hydroxyl groups is 1. The van der Waals surface area contributed by atoms with Crippen LogP contribution in [0, 0.1) is 0 Å². The smallest absolute Gasteiger partial charge is 0.326 e. The summed E-state index contributed by atoms with van der Waals surface area (Å²) in [5.74, 6) is -0.420. The zero-order valence-electron chi connectivity index (χ0n) is 9.26. The van der Waals surface area contributed by atoms with Crippen molar-refractivity contribution in [1.82, 2.24) is 0 Å². The Labute approximate surface area is 84.4 Å². The molecule has 82 valence electrons. The molecule has 0 aromatic rings. The van der Waals surface area contributed by atoms with Crippen LogP contribution < -0.4 is 5.73 Å². The van der Waals surface area contributed by atoms with Gasteiger partial charge < -0.3 is 15.6 Å². The van der Waals surface area contributed by atoms with E-state index in [1.165, 1.54) is 0 Å². The average molecular weight is 201 g/mol. The molecule has 0 unspecified atom stereocenters. The molecule has 0 saturated heterocycles. The summed E-state index contributed by atoms with van der Waals surface area (Å²) in [4.78, 5) is 11.6. The predicted octanol–water partition coefficient (Wildman–Crippen LogP) is 0.570. The number of carbonyl (C=O) groups excluding carboxylic acids is 1. The van der Waals surface area contributed by atoms with Gasteiger partial charge in [0.2, 0.25) is 0 Å². The minimum Gasteiger partial charge on any atom is -0.459 e. The first-order valence-electron chi connectivity index (χ1n) is 4.79. The SMILES string of the molecule is CC1(O)CC(N)(C(=O)OC(C)(C)C)C1. The van der Waals surface area contributed by atoms with Gasteiger partial charge in [-0.1, -0.05) is 0 Å². The van der Waals surface area contributed by atoms with Crippen LogP contribution >= 0.6 is 0 Å². The van der Waals surface area contributed by atoms with E-state index in [9.17, 15) is 9.90 Å². The van der Waals surface area contributed by atoms with Crippen LogP contribution in [0.15, 0.2) is 0 Å². The van der Waals surface area contributed by atoms with Gasteiger partial charge in [0.1, 0.15) is 11.1 Å². The third kappa shape index (κ3) is 2.45. The van der Waals surface area contributed by atoms with Crippen LogP contribution in [0.1, 0.15) is 40.5 Å². The molecule has 1 saturated carbocycles. The normalized spacial score (nSPS) is 37.6. The monoisotopic (exact) mass is 201 g/mol. The van der Waals surface area contributed by atoms with Gasteiger partial charge in [-0.15, -0.1) is 0 Å². The maximum Gasteiger partial charge on any atom is 0.326 e. The second-order valence-corrected chi connectivity index (χ2v) is 5.51. The highest BCUT2D eigenvalue weighted by molar-refractivity contribution is 5.82. The van der Waals surface area contributed by atoms with Gasteiger partial charge >= 0.3 is 5.97 Å². The third-order valence-electron chi connectivity index (χ3n) is 2.20. The first kappa shape index (κ1) is 11.5. The maximum atomic E-state index is 11.6. The van der Waals surface area contributed by atoms with Gasteiger partial charge in [0.25, 0.3) is 0 Å². The van der Waals surface area contributed by atoms with Gasteiger partial charge in [0.15, 0.2) is 0 Å². The summed E-state index contributed by atoms with van der Waals surface area (Å²) in [5.41, 5.74) is 3.47. The molecular weight excluding hydrogens is 182 g/mol. The molecule has 1 aliphatic rings. The molecule has 14 heavy (non-hydrogen) atoms. The van der Waals surface area contributed by atoms with Crippen molar-refractivity contribution in [3.63, 3.8) is 0 Å². The van der Waals surface area contributed by atoms with Crippen LogP contribution in [-0.2, 0) is 9.53 Å². The molecule has 0 spiro atoms. The van der Waals surface area contributed by atoms with Crippen molar-refractivity contribution in [2.24, 2.45) is 5.73 Å². The molecule has 0 atom stereocenters. The van der Waals surface area contributed by atoms with Gasteiger partial charge in [-0.3, -0.25) is 4.79 Å². The lowest BCUT2D eigenvalue weighted by Crippen LogP contribution is -2.66. The van der Waals surface area contributed by atoms with E-state index in [-0.39, 0.29) is 12.8 Å². The Bertz CT molecular complexity index is 245. The Morgan fingerprint density at radius 3 is 2.14 bits per heavy atom. The van der Waals surface area contributed by atoms with Crippen LogP contribution in [0.4, 0.5) is 0 Å². The van der Waals surface area contributed by atoms with Crippen molar-refractivity contribution in [3.8, 4) is 0 Å². The fourth-order valence-corrected chi connectivity index (χ4v) is 1.83. The highest BCUT2D eigenvalue weighted by atomic mass is 16.6. The summed E-state index contributed by atoms with van der Waals surface area (Å²) in [6.07, 6.45) is 0.545. The summed E-state index contributed by atoms with van der Waals surface area (Å²) in [7, 11) is 0. The highest BCUT2D eigenvalue weighted by Crippen LogP contribution is 2.40. The minimum absolute atomic E-state index is 0.273. The number of ether oxygens (including phenoxy) is 1. The lowest BCUT2D eigenvalue weighted by Gasteiger charge is -2.47. The molecule has 0 aromatic heterocycles. The third-order valence-corrected chi connectivity index (χ3v) is 2.20. The van der Waals surface area contributed by atoms with E-state index in [0.717, 1.165) is 0 Å². The molecule has 1 fully saturated rings. The summed E-state index contributed by atoms with van der Waals surface area (Å²) >= 11 is 0. The minimum atomic E-state index is -0.989. The van der Waals surface area contributed by atoms with Gasteiger partial charge in [0, 0.05) is 12.8 Å². The number of rotatable bonds is 1. The van der Waals surface area contributed by atoms with E-state index >= 15 is 0 Å². The van der Waals surface area contributed by atoms with E-state index in [4.69, 9.17) is 10.5 Å². The molecule has 0 bridgehead atoms. The molecule has 0 aromatic carbocycles.